The van der Waals surface area contributed by atoms with E-state index in [0.29, 0.717) is 13.1 Å². The van der Waals surface area contributed by atoms with E-state index in [0.717, 1.165) is 11.4 Å². The van der Waals surface area contributed by atoms with Crippen LogP contribution < -0.4 is 9.75 Å². The Hall–Kier alpha value is -1.46. The van der Waals surface area contributed by atoms with Crippen LogP contribution in [0.25, 0.3) is 0 Å². The maximum atomic E-state index is 12.2. The van der Waals surface area contributed by atoms with Gasteiger partial charge in [-0.1, -0.05) is 13.8 Å². The number of hydrogen-bond acceptors (Lipinski definition) is 4. The molecule has 5 nitrogen and oxygen atoms in total. The summed E-state index contributed by atoms with van der Waals surface area (Å²) in [6.07, 6.45) is -0.431. The van der Waals surface area contributed by atoms with Crippen molar-refractivity contribution >= 4 is 23.4 Å². The first-order chi connectivity index (χ1) is 9.67. The molecule has 1 rings (SSSR count). The van der Waals surface area contributed by atoms with Gasteiger partial charge in [-0.05, 0) is 24.3 Å². The second-order valence-electron chi connectivity index (χ2n) is 3.95. The van der Waals surface area contributed by atoms with Crippen LogP contribution in [0.3, 0.4) is 0 Å². The number of alkyl halides is 1. The van der Waals surface area contributed by atoms with E-state index in [4.69, 9.17) is 21.1 Å². The van der Waals surface area contributed by atoms with Crippen molar-refractivity contribution < 1.29 is 14.3 Å². The molecule has 112 valence electrons. The van der Waals surface area contributed by atoms with Gasteiger partial charge in [0.15, 0.2) is 0 Å². The third kappa shape index (κ3) is 4.28. The molecule has 0 unspecified atom stereocenters. The number of benzene rings is 1. The van der Waals surface area contributed by atoms with Gasteiger partial charge >= 0.3 is 6.09 Å². The van der Waals surface area contributed by atoms with Crippen LogP contribution in [0.15, 0.2) is 24.3 Å². The van der Waals surface area contributed by atoms with Gasteiger partial charge in [-0.25, -0.2) is 14.8 Å². The Labute approximate surface area is 125 Å². The molecular formula is C14H21ClN2O3. The molecule has 0 radical (unpaired) electrons. The Bertz CT molecular complexity index is 407. The molecule has 0 atom stereocenters. The molecule has 0 saturated heterocycles. The van der Waals surface area contributed by atoms with E-state index in [2.05, 4.69) is 0 Å². The Kier molecular flexibility index (Phi) is 7.18. The van der Waals surface area contributed by atoms with Gasteiger partial charge in [0.25, 0.3) is 0 Å². The second kappa shape index (κ2) is 8.66. The minimum atomic E-state index is -0.431. The number of anilines is 1. The summed E-state index contributed by atoms with van der Waals surface area (Å²) in [4.78, 5) is 12.2. The van der Waals surface area contributed by atoms with E-state index >= 15 is 0 Å². The summed E-state index contributed by atoms with van der Waals surface area (Å²) in [6.45, 7) is 5.54. The largest absolute Gasteiger partial charge is 0.497 e. The van der Waals surface area contributed by atoms with E-state index in [1.54, 1.807) is 19.2 Å². The maximum Gasteiger partial charge on any atom is 0.429 e. The highest BCUT2D eigenvalue weighted by Crippen LogP contribution is 2.21. The first-order valence-electron chi connectivity index (χ1n) is 6.59. The van der Waals surface area contributed by atoms with Crippen LogP contribution in [0.1, 0.15) is 13.8 Å². The first-order valence-corrected chi connectivity index (χ1v) is 7.13. The van der Waals surface area contributed by atoms with Crippen molar-refractivity contribution in [1.29, 1.82) is 0 Å². The van der Waals surface area contributed by atoms with Crippen LogP contribution in [-0.2, 0) is 4.74 Å². The van der Waals surface area contributed by atoms with Gasteiger partial charge in [0.05, 0.1) is 18.7 Å². The van der Waals surface area contributed by atoms with Gasteiger partial charge in [0, 0.05) is 13.1 Å². The molecular weight excluding hydrogens is 280 g/mol. The highest BCUT2D eigenvalue weighted by atomic mass is 35.5. The molecule has 1 aromatic rings. The predicted octanol–water partition coefficient (Wildman–Crippen LogP) is 3.13. The van der Waals surface area contributed by atoms with Gasteiger partial charge in [-0.2, -0.15) is 0 Å². The molecule has 0 aliphatic rings. The van der Waals surface area contributed by atoms with Crippen LogP contribution in [0.4, 0.5) is 10.5 Å². The molecule has 1 aromatic carbocycles. The number of carbonyl (C=O) groups is 1. The summed E-state index contributed by atoms with van der Waals surface area (Å²) in [7, 11) is 1.60. The third-order valence-electron chi connectivity index (χ3n) is 2.81. The molecule has 0 aromatic heterocycles. The van der Waals surface area contributed by atoms with Crippen LogP contribution in [0.2, 0.25) is 0 Å². The Morgan fingerprint density at radius 3 is 2.25 bits per heavy atom. The van der Waals surface area contributed by atoms with Crippen molar-refractivity contribution in [3.05, 3.63) is 24.3 Å². The fourth-order valence-electron chi connectivity index (χ4n) is 1.80. The van der Waals surface area contributed by atoms with Crippen LogP contribution in [0.5, 0.6) is 5.75 Å². The maximum absolute atomic E-state index is 12.2. The molecule has 20 heavy (non-hydrogen) atoms. The Morgan fingerprint density at radius 1 is 1.20 bits per heavy atom. The summed E-state index contributed by atoms with van der Waals surface area (Å²) in [6, 6.07) is 7.25. The summed E-state index contributed by atoms with van der Waals surface area (Å²) >= 11 is 5.56. The first kappa shape index (κ1) is 16.6. The number of hydrazine groups is 1. The van der Waals surface area contributed by atoms with Crippen molar-refractivity contribution in [2.24, 2.45) is 0 Å². The lowest BCUT2D eigenvalue weighted by Gasteiger charge is -2.32. The summed E-state index contributed by atoms with van der Waals surface area (Å²) in [5.74, 6) is 1.02. The van der Waals surface area contributed by atoms with Gasteiger partial charge in [-0.3, -0.25) is 0 Å². The molecule has 0 spiro atoms. The number of hydrogen-bond donors (Lipinski definition) is 0. The summed E-state index contributed by atoms with van der Waals surface area (Å²) in [5.41, 5.74) is 0.731. The number of nitrogens with zero attached hydrogens (tertiary/aromatic N) is 2. The van der Waals surface area contributed by atoms with E-state index in [9.17, 15) is 4.79 Å². The summed E-state index contributed by atoms with van der Waals surface area (Å²) < 4.78 is 10.3. The minimum absolute atomic E-state index is 0.189. The normalized spacial score (nSPS) is 10.4. The highest BCUT2D eigenvalue weighted by molar-refractivity contribution is 6.18. The molecule has 0 saturated carbocycles. The lowest BCUT2D eigenvalue weighted by molar-refractivity contribution is 0.137. The number of rotatable bonds is 7. The van der Waals surface area contributed by atoms with E-state index < -0.39 is 6.09 Å². The van der Waals surface area contributed by atoms with Crippen molar-refractivity contribution in [3.8, 4) is 5.75 Å². The fraction of sp³-hybridized carbons (Fsp3) is 0.500. The van der Waals surface area contributed by atoms with Crippen LogP contribution in [-0.4, -0.2) is 43.8 Å². The third-order valence-corrected chi connectivity index (χ3v) is 2.96. The summed E-state index contributed by atoms with van der Waals surface area (Å²) in [5, 5.41) is 3.41. The SMILES string of the molecule is CCN(CC)N(C(=O)OCCCl)c1ccc(OC)cc1. The average Bonchev–Trinajstić information content (AvgIpc) is 2.50. The molecule has 0 aliphatic carbocycles. The second-order valence-corrected chi connectivity index (χ2v) is 4.33. The van der Waals surface area contributed by atoms with Gasteiger partial charge < -0.3 is 9.47 Å². The average molecular weight is 301 g/mol. The zero-order valence-electron chi connectivity index (χ0n) is 12.1. The fourth-order valence-corrected chi connectivity index (χ4v) is 1.88. The number of halogens is 1. The van der Waals surface area contributed by atoms with Gasteiger partial charge in [-0.15, -0.1) is 11.6 Å². The minimum Gasteiger partial charge on any atom is -0.497 e. The molecule has 6 heteroatoms. The molecule has 0 bridgehead atoms. The molecule has 0 aliphatic heterocycles. The van der Waals surface area contributed by atoms with E-state index in [-0.39, 0.29) is 12.5 Å². The molecule has 0 N–H and O–H groups in total. The number of methoxy groups -OCH3 is 1. The Balaban J connectivity index is 2.98. The standard InChI is InChI=1S/C14H21ClN2O3/c1-4-16(5-2)17(14(18)20-11-10-15)12-6-8-13(19-3)9-7-12/h6-9H,4-5,10-11H2,1-3H3. The monoisotopic (exact) mass is 300 g/mol. The predicted molar refractivity (Wildman–Crippen MR) is 80.5 cm³/mol. The van der Waals surface area contributed by atoms with Crippen molar-refractivity contribution in [1.82, 2.24) is 5.01 Å². The zero-order valence-corrected chi connectivity index (χ0v) is 12.9. The van der Waals surface area contributed by atoms with Crippen LogP contribution in [0, 0.1) is 0 Å². The van der Waals surface area contributed by atoms with Crippen LogP contribution >= 0.6 is 11.6 Å². The lowest BCUT2D eigenvalue weighted by Crippen LogP contribution is -2.47. The highest BCUT2D eigenvalue weighted by Gasteiger charge is 2.22. The van der Waals surface area contributed by atoms with Gasteiger partial charge in [0.2, 0.25) is 0 Å². The van der Waals surface area contributed by atoms with Crippen molar-refractivity contribution in [2.75, 3.05) is 37.7 Å². The Morgan fingerprint density at radius 2 is 1.80 bits per heavy atom. The number of ether oxygens (including phenoxy) is 2. The van der Waals surface area contributed by atoms with E-state index in [1.807, 2.05) is 31.0 Å². The van der Waals surface area contributed by atoms with Crippen molar-refractivity contribution in [3.63, 3.8) is 0 Å². The smallest absolute Gasteiger partial charge is 0.429 e. The van der Waals surface area contributed by atoms with E-state index in [1.165, 1.54) is 5.01 Å². The number of carbonyl (C=O) groups excluding carboxylic acids is 1. The van der Waals surface area contributed by atoms with Crippen molar-refractivity contribution in [2.45, 2.75) is 13.8 Å². The molecule has 1 amide bonds. The quantitative estimate of drug-likeness (QED) is 0.573. The number of amides is 1. The molecule has 0 fully saturated rings. The topological polar surface area (TPSA) is 42.0 Å². The lowest BCUT2D eigenvalue weighted by atomic mass is 10.3. The van der Waals surface area contributed by atoms with Gasteiger partial charge in [0.1, 0.15) is 12.4 Å². The molecule has 0 heterocycles. The zero-order chi connectivity index (χ0) is 15.0.